The summed E-state index contributed by atoms with van der Waals surface area (Å²) in [6.45, 7) is 6.78. The van der Waals surface area contributed by atoms with Gasteiger partial charge >= 0.3 is 0 Å². The summed E-state index contributed by atoms with van der Waals surface area (Å²) in [7, 11) is 13.3. The van der Waals surface area contributed by atoms with Gasteiger partial charge in [0.2, 0.25) is 35.0 Å². The van der Waals surface area contributed by atoms with Gasteiger partial charge in [-0.1, -0.05) is 0 Å². The van der Waals surface area contributed by atoms with Crippen molar-refractivity contribution in [3.05, 3.63) is 69.8 Å². The van der Waals surface area contributed by atoms with Gasteiger partial charge < -0.3 is 88.7 Å². The normalized spacial score (nSPS) is 10.6. The van der Waals surface area contributed by atoms with E-state index < -0.39 is 0 Å². The average molecular weight is 1180 g/mol. The maximum Gasteiger partial charge on any atom is 0.251 e. The molecule has 0 aromatic heterocycles. The zero-order valence-corrected chi connectivity index (χ0v) is 50.5. The van der Waals surface area contributed by atoms with Crippen LogP contribution in [-0.2, 0) is 33.6 Å². The third kappa shape index (κ3) is 20.0. The Morgan fingerprint density at radius 1 is 0.310 bits per heavy atom. The van der Waals surface area contributed by atoms with Crippen LogP contribution in [0.5, 0.6) is 69.0 Å². The minimum Gasteiger partial charge on any atom is -0.493 e. The van der Waals surface area contributed by atoms with Crippen molar-refractivity contribution >= 4 is 35.4 Å². The lowest BCUT2D eigenvalue weighted by Gasteiger charge is -2.20. The largest absolute Gasteiger partial charge is 0.493 e. The lowest BCUT2D eigenvalue weighted by molar-refractivity contribution is -0.119. The van der Waals surface area contributed by atoms with Crippen molar-refractivity contribution in [2.75, 3.05) is 123 Å². The Hall–Kier alpha value is -8.70. The SMILES string of the molecule is COc1cc(C(=O)NCCCOc2cc(OCCCNC(=O)c3cc(OC)c(OC)c(OC)c3CCCNC(C)=O)cc(OCCCNC(=O)c3cc(OC)c(OC)c(OC)c3CCCNC(C)=O)c2)c(CCCNC(C)=O)c(OC)c1OC. The van der Waals surface area contributed by atoms with Crippen LogP contribution < -0.4 is 88.7 Å². The summed E-state index contributed by atoms with van der Waals surface area (Å²) >= 11 is 0. The first-order valence-electron chi connectivity index (χ1n) is 27.6. The zero-order valence-electron chi connectivity index (χ0n) is 50.5. The number of carbonyl (C=O) groups is 6. The third-order valence-electron chi connectivity index (χ3n) is 12.9. The molecule has 0 bridgehead atoms. The molecule has 0 aliphatic heterocycles. The summed E-state index contributed by atoms with van der Waals surface area (Å²) in [5.41, 5.74) is 2.80. The van der Waals surface area contributed by atoms with Crippen LogP contribution in [-0.4, -0.2) is 159 Å². The lowest BCUT2D eigenvalue weighted by Crippen LogP contribution is -2.27. The highest BCUT2D eigenvalue weighted by atomic mass is 16.5. The standard InChI is InChI=1S/C60H84N6O18/c1-37(67)61-22-13-19-43-46(34-49(73-4)55(79-10)52(43)76-7)58(70)64-25-16-28-82-40-31-41(83-29-17-26-65-59(71)47-35-50(74-5)56(80-11)53(77-8)44(47)20-14-23-62-38(2)68)33-42(32-40)84-30-18-27-66-60(72)48-36-51(75-6)57(81-12)54(78-9)45(48)21-15-24-63-39(3)69/h31-36H,13-30H2,1-12H3,(H,61,67)(H,62,68)(H,63,69)(H,64,70)(H,65,71)(H,66,72). The van der Waals surface area contributed by atoms with E-state index in [2.05, 4.69) is 31.9 Å². The van der Waals surface area contributed by atoms with E-state index in [0.717, 1.165) is 0 Å². The molecule has 4 aromatic carbocycles. The number of hydrogen-bond donors (Lipinski definition) is 6. The molecular weight excluding hydrogens is 1090 g/mol. The average Bonchev–Trinajstić information content (AvgIpc) is 2.17. The second-order valence-electron chi connectivity index (χ2n) is 18.8. The first kappa shape index (κ1) is 67.8. The summed E-state index contributed by atoms with van der Waals surface area (Å²) in [5, 5.41) is 17.2. The van der Waals surface area contributed by atoms with Gasteiger partial charge in [0.05, 0.1) is 100 Å². The highest BCUT2D eigenvalue weighted by Gasteiger charge is 2.27. The molecule has 0 heterocycles. The molecule has 0 radical (unpaired) electrons. The molecular formula is C60H84N6O18. The Bertz CT molecular complexity index is 2530. The van der Waals surface area contributed by atoms with Gasteiger partial charge in [0.25, 0.3) is 17.7 Å². The van der Waals surface area contributed by atoms with Gasteiger partial charge in [-0.2, -0.15) is 0 Å². The van der Waals surface area contributed by atoms with Crippen molar-refractivity contribution in [1.29, 1.82) is 0 Å². The number of amides is 6. The van der Waals surface area contributed by atoms with Crippen LogP contribution in [0.1, 0.15) is 107 Å². The van der Waals surface area contributed by atoms with Gasteiger partial charge in [0.15, 0.2) is 34.5 Å². The summed E-state index contributed by atoms with van der Waals surface area (Å²) < 4.78 is 69.2. The molecule has 0 aliphatic carbocycles. The summed E-state index contributed by atoms with van der Waals surface area (Å²) in [6.07, 6.45) is 4.01. The first-order chi connectivity index (χ1) is 40.5. The summed E-state index contributed by atoms with van der Waals surface area (Å²) in [6, 6.07) is 9.94. The third-order valence-corrected chi connectivity index (χ3v) is 12.9. The van der Waals surface area contributed by atoms with E-state index in [1.165, 1.54) is 84.8 Å². The van der Waals surface area contributed by atoms with Crippen LogP contribution >= 0.6 is 0 Å². The van der Waals surface area contributed by atoms with Gasteiger partial charge in [-0.15, -0.1) is 0 Å². The number of methoxy groups -OCH3 is 9. The predicted octanol–water partition coefficient (Wildman–Crippen LogP) is 5.57. The fourth-order valence-electron chi connectivity index (χ4n) is 9.06. The maximum absolute atomic E-state index is 13.8. The molecule has 6 N–H and O–H groups in total. The smallest absolute Gasteiger partial charge is 0.251 e. The van der Waals surface area contributed by atoms with Crippen LogP contribution in [0.2, 0.25) is 0 Å². The van der Waals surface area contributed by atoms with E-state index in [9.17, 15) is 28.8 Å². The van der Waals surface area contributed by atoms with Crippen LogP contribution in [0.4, 0.5) is 0 Å². The van der Waals surface area contributed by atoms with E-state index in [1.807, 2.05) is 0 Å². The van der Waals surface area contributed by atoms with Crippen molar-refractivity contribution in [1.82, 2.24) is 31.9 Å². The molecule has 4 aromatic rings. The highest BCUT2D eigenvalue weighted by Crippen LogP contribution is 2.45. The van der Waals surface area contributed by atoms with E-state index >= 15 is 0 Å². The molecule has 462 valence electrons. The minimum atomic E-state index is -0.368. The second-order valence-corrected chi connectivity index (χ2v) is 18.8. The maximum atomic E-state index is 13.8. The molecule has 24 heteroatoms. The van der Waals surface area contributed by atoms with Crippen LogP contribution in [0.25, 0.3) is 0 Å². The zero-order chi connectivity index (χ0) is 61.6. The molecule has 4 rings (SSSR count). The van der Waals surface area contributed by atoms with E-state index in [4.69, 9.17) is 56.8 Å². The predicted molar refractivity (Wildman–Crippen MR) is 313 cm³/mol. The Balaban J connectivity index is 1.49. The molecule has 6 amide bonds. The van der Waals surface area contributed by atoms with Crippen molar-refractivity contribution < 1.29 is 85.6 Å². The molecule has 0 saturated carbocycles. The van der Waals surface area contributed by atoms with E-state index in [0.29, 0.717) is 180 Å². The first-order valence-corrected chi connectivity index (χ1v) is 27.6. The molecule has 0 spiro atoms. The molecule has 84 heavy (non-hydrogen) atoms. The van der Waals surface area contributed by atoms with Crippen molar-refractivity contribution in [2.45, 2.75) is 78.6 Å². The van der Waals surface area contributed by atoms with Gasteiger partial charge in [-0.05, 0) is 76.0 Å². The van der Waals surface area contributed by atoms with Crippen molar-refractivity contribution in [3.8, 4) is 69.0 Å². The van der Waals surface area contributed by atoms with Gasteiger partial charge in [-0.25, -0.2) is 0 Å². The Kier molecular flexibility index (Phi) is 29.1. The number of carbonyl (C=O) groups excluding carboxylic acids is 6. The summed E-state index contributed by atoms with van der Waals surface area (Å²) in [4.78, 5) is 76.0. The molecule has 0 aliphatic rings. The number of rotatable bonds is 39. The number of ether oxygens (including phenoxy) is 12. The van der Waals surface area contributed by atoms with Gasteiger partial charge in [0.1, 0.15) is 17.2 Å². The fraction of sp³-hybridized carbons (Fsp3) is 0.500. The highest BCUT2D eigenvalue weighted by molar-refractivity contribution is 5.99. The molecule has 24 nitrogen and oxygen atoms in total. The Labute approximate surface area is 491 Å². The monoisotopic (exact) mass is 1180 g/mol. The van der Waals surface area contributed by atoms with Gasteiger partial charge in [0, 0.05) is 94.9 Å². The molecule has 0 saturated heterocycles. The topological polar surface area (TPSA) is 285 Å². The van der Waals surface area contributed by atoms with Crippen LogP contribution in [0.3, 0.4) is 0 Å². The Morgan fingerprint density at radius 2 is 0.548 bits per heavy atom. The quantitative estimate of drug-likeness (QED) is 0.0298. The number of nitrogens with one attached hydrogen (secondary N) is 6. The fourth-order valence-corrected chi connectivity index (χ4v) is 9.06. The van der Waals surface area contributed by atoms with Crippen LogP contribution in [0, 0.1) is 0 Å². The van der Waals surface area contributed by atoms with Crippen molar-refractivity contribution in [3.63, 3.8) is 0 Å². The minimum absolute atomic E-state index is 0.161. The molecule has 0 fully saturated rings. The van der Waals surface area contributed by atoms with E-state index in [-0.39, 0.29) is 74.9 Å². The number of hydrogen-bond acceptors (Lipinski definition) is 18. The number of benzene rings is 4. The summed E-state index contributed by atoms with van der Waals surface area (Å²) in [5.74, 6) is 2.73. The Morgan fingerprint density at radius 3 is 0.762 bits per heavy atom. The van der Waals surface area contributed by atoms with Crippen molar-refractivity contribution in [2.24, 2.45) is 0 Å². The lowest BCUT2D eigenvalue weighted by atomic mass is 9.99. The van der Waals surface area contributed by atoms with Crippen LogP contribution in [0.15, 0.2) is 36.4 Å². The van der Waals surface area contributed by atoms with E-state index in [1.54, 1.807) is 36.4 Å². The van der Waals surface area contributed by atoms with Gasteiger partial charge in [-0.3, -0.25) is 28.8 Å². The molecule has 0 atom stereocenters. The second kappa shape index (κ2) is 36.0. The molecule has 0 unspecified atom stereocenters.